The third-order valence-electron chi connectivity index (χ3n) is 2.66. The first kappa shape index (κ1) is 15.4. The van der Waals surface area contributed by atoms with E-state index < -0.39 is 0 Å². The molecule has 0 atom stereocenters. The molecule has 0 radical (unpaired) electrons. The monoisotopic (exact) mass is 375 g/mol. The summed E-state index contributed by atoms with van der Waals surface area (Å²) in [6.45, 7) is 3.96. The number of aryl methyl sites for hydroxylation is 2. The van der Waals surface area contributed by atoms with Gasteiger partial charge < -0.3 is 10.2 Å². The van der Waals surface area contributed by atoms with Gasteiger partial charge in [0, 0.05) is 4.47 Å². The number of ether oxygens (including phenoxy) is 1. The molecule has 0 saturated heterocycles. The van der Waals surface area contributed by atoms with Gasteiger partial charge in [-0.2, -0.15) is 4.98 Å². The summed E-state index contributed by atoms with van der Waals surface area (Å²) in [5.41, 5.74) is 4.51. The van der Waals surface area contributed by atoms with Gasteiger partial charge in [0.1, 0.15) is 10.8 Å². The van der Waals surface area contributed by atoms with Crippen LogP contribution in [-0.4, -0.2) is 4.98 Å². The van der Waals surface area contributed by atoms with Crippen molar-refractivity contribution in [3.8, 4) is 11.6 Å². The molecule has 3 N–H and O–H groups in total. The van der Waals surface area contributed by atoms with Crippen molar-refractivity contribution in [2.24, 2.45) is 5.84 Å². The second-order valence-corrected chi connectivity index (χ2v) is 5.83. The van der Waals surface area contributed by atoms with Crippen LogP contribution < -0.4 is 16.0 Å². The average molecular weight is 377 g/mol. The predicted molar refractivity (Wildman–Crippen MR) is 85.8 cm³/mol. The molecular weight excluding hydrogens is 365 g/mol. The Morgan fingerprint density at radius 1 is 1.15 bits per heavy atom. The predicted octanol–water partition coefficient (Wildman–Crippen LogP) is 4.85. The zero-order valence-electron chi connectivity index (χ0n) is 10.8. The SMILES string of the molecule is Cc1cc(Oc2nc(NN)c(Cl)cc2Cl)cc(C)c1Br. The molecule has 0 spiro atoms. The van der Waals surface area contributed by atoms with Crippen molar-refractivity contribution < 1.29 is 4.74 Å². The molecule has 106 valence electrons. The summed E-state index contributed by atoms with van der Waals surface area (Å²) in [5, 5.41) is 0.639. The molecule has 0 amide bonds. The molecule has 1 aromatic carbocycles. The topological polar surface area (TPSA) is 60.2 Å². The van der Waals surface area contributed by atoms with Gasteiger partial charge in [-0.25, -0.2) is 5.84 Å². The van der Waals surface area contributed by atoms with Gasteiger partial charge in [-0.1, -0.05) is 39.1 Å². The molecule has 0 bridgehead atoms. The largest absolute Gasteiger partial charge is 0.437 e. The van der Waals surface area contributed by atoms with E-state index in [0.29, 0.717) is 21.6 Å². The minimum atomic E-state index is 0.241. The van der Waals surface area contributed by atoms with Gasteiger partial charge in [0.25, 0.3) is 0 Å². The van der Waals surface area contributed by atoms with Crippen LogP contribution in [0.1, 0.15) is 11.1 Å². The van der Waals surface area contributed by atoms with Gasteiger partial charge in [-0.05, 0) is 43.2 Å². The van der Waals surface area contributed by atoms with Crippen LogP contribution in [0.2, 0.25) is 10.0 Å². The van der Waals surface area contributed by atoms with Gasteiger partial charge in [0.05, 0.1) is 5.02 Å². The highest BCUT2D eigenvalue weighted by molar-refractivity contribution is 9.10. The summed E-state index contributed by atoms with van der Waals surface area (Å²) < 4.78 is 6.75. The molecule has 7 heteroatoms. The van der Waals surface area contributed by atoms with Crippen molar-refractivity contribution in [2.75, 3.05) is 5.43 Å². The fraction of sp³-hybridized carbons (Fsp3) is 0.154. The number of nitrogen functional groups attached to an aromatic ring is 1. The van der Waals surface area contributed by atoms with Crippen LogP contribution in [0.15, 0.2) is 22.7 Å². The molecule has 2 rings (SSSR count). The van der Waals surface area contributed by atoms with Gasteiger partial charge in [0.15, 0.2) is 5.82 Å². The fourth-order valence-electron chi connectivity index (χ4n) is 1.70. The molecule has 1 heterocycles. The maximum absolute atomic E-state index is 6.07. The first-order valence-electron chi connectivity index (χ1n) is 5.69. The third-order valence-corrected chi connectivity index (χ3v) is 4.47. The summed E-state index contributed by atoms with van der Waals surface area (Å²) >= 11 is 15.5. The van der Waals surface area contributed by atoms with Gasteiger partial charge >= 0.3 is 0 Å². The lowest BCUT2D eigenvalue weighted by molar-refractivity contribution is 0.463. The van der Waals surface area contributed by atoms with Crippen LogP contribution in [0.3, 0.4) is 0 Å². The van der Waals surface area contributed by atoms with E-state index in [0.717, 1.165) is 15.6 Å². The molecule has 0 saturated carbocycles. The summed E-state index contributed by atoms with van der Waals surface area (Å²) in [6, 6.07) is 5.30. The summed E-state index contributed by atoms with van der Waals surface area (Å²) in [4.78, 5) is 4.13. The maximum Gasteiger partial charge on any atom is 0.240 e. The summed E-state index contributed by atoms with van der Waals surface area (Å²) in [6.07, 6.45) is 0. The quantitative estimate of drug-likeness (QED) is 0.594. The van der Waals surface area contributed by atoms with E-state index in [9.17, 15) is 0 Å². The second kappa shape index (κ2) is 6.18. The lowest BCUT2D eigenvalue weighted by Gasteiger charge is -2.12. The number of nitrogens with zero attached hydrogens (tertiary/aromatic N) is 1. The Bertz CT molecular complexity index is 641. The zero-order chi connectivity index (χ0) is 14.9. The molecule has 1 aromatic heterocycles. The minimum absolute atomic E-state index is 0.241. The number of hydrazine groups is 1. The number of aromatic nitrogens is 1. The maximum atomic E-state index is 6.07. The van der Waals surface area contributed by atoms with E-state index in [-0.39, 0.29) is 5.88 Å². The third kappa shape index (κ3) is 3.17. The molecule has 20 heavy (non-hydrogen) atoms. The van der Waals surface area contributed by atoms with Crippen LogP contribution in [0.25, 0.3) is 0 Å². The zero-order valence-corrected chi connectivity index (χ0v) is 13.9. The Balaban J connectivity index is 2.39. The number of halogens is 3. The smallest absolute Gasteiger partial charge is 0.240 e. The van der Waals surface area contributed by atoms with Gasteiger partial charge in [0.2, 0.25) is 5.88 Å². The van der Waals surface area contributed by atoms with Gasteiger partial charge in [-0.15, -0.1) is 0 Å². The number of pyridine rings is 1. The average Bonchev–Trinajstić information content (AvgIpc) is 2.39. The lowest BCUT2D eigenvalue weighted by Crippen LogP contribution is -2.09. The van der Waals surface area contributed by atoms with E-state index in [1.165, 1.54) is 6.07 Å². The Morgan fingerprint density at radius 3 is 2.30 bits per heavy atom. The number of rotatable bonds is 3. The Hall–Kier alpha value is -1.01. The lowest BCUT2D eigenvalue weighted by atomic mass is 10.1. The van der Waals surface area contributed by atoms with Crippen molar-refractivity contribution in [2.45, 2.75) is 13.8 Å². The fourth-order valence-corrected chi connectivity index (χ4v) is 2.38. The van der Waals surface area contributed by atoms with Crippen LogP contribution in [-0.2, 0) is 0 Å². The van der Waals surface area contributed by atoms with E-state index >= 15 is 0 Å². The molecule has 0 fully saturated rings. The minimum Gasteiger partial charge on any atom is -0.437 e. The van der Waals surface area contributed by atoms with Crippen molar-refractivity contribution >= 4 is 44.9 Å². The van der Waals surface area contributed by atoms with E-state index in [2.05, 4.69) is 26.3 Å². The molecule has 2 aromatic rings. The first-order valence-corrected chi connectivity index (χ1v) is 7.24. The van der Waals surface area contributed by atoms with Crippen LogP contribution in [0.5, 0.6) is 11.6 Å². The van der Waals surface area contributed by atoms with E-state index in [1.807, 2.05) is 26.0 Å². The highest BCUT2D eigenvalue weighted by Crippen LogP contribution is 2.35. The van der Waals surface area contributed by atoms with Crippen molar-refractivity contribution in [1.29, 1.82) is 0 Å². The molecule has 4 nitrogen and oxygen atoms in total. The number of benzene rings is 1. The van der Waals surface area contributed by atoms with Crippen LogP contribution >= 0.6 is 39.1 Å². The van der Waals surface area contributed by atoms with Crippen molar-refractivity contribution in [3.63, 3.8) is 0 Å². The first-order chi connectivity index (χ1) is 9.42. The highest BCUT2D eigenvalue weighted by atomic mass is 79.9. The Labute approximate surface area is 135 Å². The Kier molecular flexibility index (Phi) is 4.75. The van der Waals surface area contributed by atoms with Crippen LogP contribution in [0, 0.1) is 13.8 Å². The number of anilines is 1. The number of nitrogens with two attached hydrogens (primary N) is 1. The summed E-state index contributed by atoms with van der Waals surface area (Å²) in [7, 11) is 0. The molecule has 0 unspecified atom stereocenters. The molecular formula is C13H12BrCl2N3O. The summed E-state index contributed by atoms with van der Waals surface area (Å²) in [5.74, 6) is 6.51. The highest BCUT2D eigenvalue weighted by Gasteiger charge is 2.12. The van der Waals surface area contributed by atoms with E-state index in [1.54, 1.807) is 0 Å². The second-order valence-electron chi connectivity index (χ2n) is 4.22. The molecule has 0 aliphatic rings. The van der Waals surface area contributed by atoms with Crippen molar-refractivity contribution in [3.05, 3.63) is 43.8 Å². The Morgan fingerprint density at radius 2 is 1.75 bits per heavy atom. The van der Waals surface area contributed by atoms with Crippen molar-refractivity contribution in [1.82, 2.24) is 4.98 Å². The van der Waals surface area contributed by atoms with Crippen LogP contribution in [0.4, 0.5) is 5.82 Å². The number of hydrogen-bond donors (Lipinski definition) is 2. The van der Waals surface area contributed by atoms with Gasteiger partial charge in [-0.3, -0.25) is 0 Å². The number of nitrogens with one attached hydrogen (secondary N) is 1. The molecule has 0 aliphatic carbocycles. The number of hydrogen-bond acceptors (Lipinski definition) is 4. The molecule has 0 aliphatic heterocycles. The standard InChI is InChI=1S/C13H12BrCl2N3O/c1-6-3-8(4-7(2)11(6)14)20-13-10(16)5-9(15)12(18-13)19-17/h3-5H,17H2,1-2H3,(H,18,19). The normalized spacial score (nSPS) is 10.5. The van der Waals surface area contributed by atoms with E-state index in [4.69, 9.17) is 33.8 Å².